The van der Waals surface area contributed by atoms with E-state index in [0.29, 0.717) is 33.3 Å². The van der Waals surface area contributed by atoms with E-state index in [9.17, 15) is 9.59 Å². The third kappa shape index (κ3) is 5.52. The highest BCUT2D eigenvalue weighted by Gasteiger charge is 2.18. The van der Waals surface area contributed by atoms with Crippen molar-refractivity contribution in [3.05, 3.63) is 81.6 Å². The Morgan fingerprint density at radius 1 is 1.15 bits per heavy atom. The normalized spacial score (nSPS) is 10.9. The lowest BCUT2D eigenvalue weighted by Crippen LogP contribution is -2.23. The number of halogens is 1. The largest absolute Gasteiger partial charge is 0.484 e. The lowest BCUT2D eigenvalue weighted by atomic mass is 10.3. The molecule has 0 aliphatic carbocycles. The van der Waals surface area contributed by atoms with E-state index < -0.39 is 0 Å². The van der Waals surface area contributed by atoms with Gasteiger partial charge in [0.25, 0.3) is 16.7 Å². The first-order valence-corrected chi connectivity index (χ1v) is 11.8. The predicted molar refractivity (Wildman–Crippen MR) is 130 cm³/mol. The van der Waals surface area contributed by atoms with Crippen LogP contribution in [0.15, 0.2) is 69.0 Å². The first kappa shape index (κ1) is 23.7. The number of thioether (sulfide) groups is 1. The molecule has 0 spiro atoms. The van der Waals surface area contributed by atoms with Gasteiger partial charge < -0.3 is 14.5 Å². The number of hydrogen-bond acceptors (Lipinski definition) is 7. The van der Waals surface area contributed by atoms with Crippen molar-refractivity contribution in [2.75, 3.05) is 11.1 Å². The number of carbonyl (C=O) groups is 1. The summed E-state index contributed by atoms with van der Waals surface area (Å²) in [7, 11) is 1.78. The molecule has 0 bridgehead atoms. The van der Waals surface area contributed by atoms with E-state index in [2.05, 4.69) is 15.5 Å². The summed E-state index contributed by atoms with van der Waals surface area (Å²) < 4.78 is 14.3. The Labute approximate surface area is 204 Å². The lowest BCUT2D eigenvalue weighted by molar-refractivity contribution is -0.115. The SMILES string of the molecule is Cc1c(NC(=O)CCSc2nnc(COc3ccc(Cl)cc3)o2)c(=O)n(-c2ccccc2)n1C. The van der Waals surface area contributed by atoms with Crippen LogP contribution in [0.2, 0.25) is 5.02 Å². The van der Waals surface area contributed by atoms with Crippen molar-refractivity contribution in [3.8, 4) is 11.4 Å². The van der Waals surface area contributed by atoms with E-state index >= 15 is 0 Å². The van der Waals surface area contributed by atoms with E-state index in [-0.39, 0.29) is 30.2 Å². The second kappa shape index (κ2) is 10.6. The maximum absolute atomic E-state index is 12.9. The van der Waals surface area contributed by atoms with E-state index in [1.54, 1.807) is 42.9 Å². The first-order valence-electron chi connectivity index (χ1n) is 10.4. The number of hydrogen-bond donors (Lipinski definition) is 1. The van der Waals surface area contributed by atoms with Crippen molar-refractivity contribution >= 4 is 35.0 Å². The Balaban J connectivity index is 1.29. The van der Waals surface area contributed by atoms with Gasteiger partial charge in [0, 0.05) is 24.2 Å². The van der Waals surface area contributed by atoms with Gasteiger partial charge in [-0.3, -0.25) is 14.3 Å². The van der Waals surface area contributed by atoms with Gasteiger partial charge in [0.2, 0.25) is 5.91 Å². The molecule has 4 aromatic rings. The van der Waals surface area contributed by atoms with Crippen molar-refractivity contribution in [2.45, 2.75) is 25.2 Å². The molecule has 2 aromatic heterocycles. The van der Waals surface area contributed by atoms with Crippen LogP contribution in [0.3, 0.4) is 0 Å². The number of aromatic nitrogens is 4. The maximum atomic E-state index is 12.9. The standard InChI is InChI=1S/C23H22ClN5O4S/c1-15-21(22(31)29(28(15)2)17-6-4-3-5-7-17)25-19(30)12-13-34-23-27-26-20(33-23)14-32-18-10-8-16(24)9-11-18/h3-11H,12-14H2,1-2H3,(H,25,30). The van der Waals surface area contributed by atoms with Crippen molar-refractivity contribution in [3.63, 3.8) is 0 Å². The minimum absolute atomic E-state index is 0.122. The van der Waals surface area contributed by atoms with E-state index in [1.165, 1.54) is 16.4 Å². The van der Waals surface area contributed by atoms with Gasteiger partial charge in [0.05, 0.1) is 11.4 Å². The topological polar surface area (TPSA) is 104 Å². The van der Waals surface area contributed by atoms with Gasteiger partial charge in [0.15, 0.2) is 6.61 Å². The van der Waals surface area contributed by atoms with Crippen LogP contribution in [0, 0.1) is 6.92 Å². The monoisotopic (exact) mass is 499 g/mol. The number of rotatable bonds is 9. The molecule has 1 amide bonds. The Bertz CT molecular complexity index is 1330. The second-order valence-electron chi connectivity index (χ2n) is 7.29. The van der Waals surface area contributed by atoms with Gasteiger partial charge >= 0.3 is 0 Å². The molecule has 0 fully saturated rings. The average Bonchev–Trinajstić information content (AvgIpc) is 3.37. The average molecular weight is 500 g/mol. The summed E-state index contributed by atoms with van der Waals surface area (Å²) in [6.45, 7) is 1.91. The summed E-state index contributed by atoms with van der Waals surface area (Å²) in [4.78, 5) is 25.4. The molecule has 4 rings (SSSR count). The highest BCUT2D eigenvalue weighted by Crippen LogP contribution is 2.20. The number of nitrogens with one attached hydrogen (secondary N) is 1. The van der Waals surface area contributed by atoms with Crippen LogP contribution in [0.1, 0.15) is 18.0 Å². The van der Waals surface area contributed by atoms with Gasteiger partial charge in [-0.2, -0.15) is 0 Å². The predicted octanol–water partition coefficient (Wildman–Crippen LogP) is 4.22. The highest BCUT2D eigenvalue weighted by molar-refractivity contribution is 7.99. The zero-order chi connectivity index (χ0) is 24.1. The summed E-state index contributed by atoms with van der Waals surface area (Å²) in [5.74, 6) is 1.09. The molecule has 0 atom stereocenters. The molecule has 0 saturated carbocycles. The van der Waals surface area contributed by atoms with Crippen LogP contribution in [0.4, 0.5) is 5.69 Å². The fourth-order valence-electron chi connectivity index (χ4n) is 3.18. The van der Waals surface area contributed by atoms with Gasteiger partial charge in [-0.25, -0.2) is 4.68 Å². The zero-order valence-electron chi connectivity index (χ0n) is 18.5. The van der Waals surface area contributed by atoms with Crippen LogP contribution in [0.5, 0.6) is 5.75 Å². The number of benzene rings is 2. The molecule has 34 heavy (non-hydrogen) atoms. The molecule has 2 aromatic carbocycles. The van der Waals surface area contributed by atoms with Crippen LogP contribution in [0.25, 0.3) is 5.69 Å². The molecule has 0 aliphatic heterocycles. The van der Waals surface area contributed by atoms with Crippen molar-refractivity contribution in [2.24, 2.45) is 7.05 Å². The molecular formula is C23H22ClN5O4S. The quantitative estimate of drug-likeness (QED) is 0.344. The summed E-state index contributed by atoms with van der Waals surface area (Å²) >= 11 is 7.11. The fraction of sp³-hybridized carbons (Fsp3) is 0.217. The summed E-state index contributed by atoms with van der Waals surface area (Å²) in [5, 5.41) is 11.6. The smallest absolute Gasteiger partial charge is 0.295 e. The van der Waals surface area contributed by atoms with Crippen molar-refractivity contribution in [1.82, 2.24) is 19.6 Å². The highest BCUT2D eigenvalue weighted by atomic mass is 35.5. The summed E-state index contributed by atoms with van der Waals surface area (Å²) in [5.41, 5.74) is 1.37. The molecule has 0 aliphatic rings. The first-order chi connectivity index (χ1) is 16.4. The van der Waals surface area contributed by atoms with Crippen molar-refractivity contribution < 1.29 is 13.9 Å². The molecule has 0 saturated heterocycles. The van der Waals surface area contributed by atoms with Crippen LogP contribution in [-0.2, 0) is 18.4 Å². The zero-order valence-corrected chi connectivity index (χ0v) is 20.1. The minimum Gasteiger partial charge on any atom is -0.484 e. The molecule has 1 N–H and O–H groups in total. The van der Waals surface area contributed by atoms with Gasteiger partial charge in [-0.05, 0) is 43.3 Å². The third-order valence-corrected chi connectivity index (χ3v) is 6.07. The molecule has 0 unspecified atom stereocenters. The van der Waals surface area contributed by atoms with Gasteiger partial charge in [0.1, 0.15) is 11.4 Å². The molecule has 2 heterocycles. The summed E-state index contributed by atoms with van der Waals surface area (Å²) in [6, 6.07) is 16.2. The number of carbonyl (C=O) groups excluding carboxylic acids is 1. The Morgan fingerprint density at radius 2 is 1.88 bits per heavy atom. The van der Waals surface area contributed by atoms with E-state index in [0.717, 1.165) is 5.69 Å². The minimum atomic E-state index is -0.283. The van der Waals surface area contributed by atoms with Crippen LogP contribution < -0.4 is 15.6 Å². The maximum Gasteiger partial charge on any atom is 0.295 e. The van der Waals surface area contributed by atoms with Crippen LogP contribution >= 0.6 is 23.4 Å². The Morgan fingerprint density at radius 3 is 2.62 bits per heavy atom. The van der Waals surface area contributed by atoms with Crippen LogP contribution in [-0.4, -0.2) is 31.2 Å². The summed E-state index contributed by atoms with van der Waals surface area (Å²) in [6.07, 6.45) is 0.169. The molecule has 176 valence electrons. The molecule has 11 heteroatoms. The number of anilines is 1. The lowest BCUT2D eigenvalue weighted by Gasteiger charge is -2.07. The third-order valence-electron chi connectivity index (χ3n) is 5.00. The Kier molecular flexibility index (Phi) is 7.39. The fourth-order valence-corrected chi connectivity index (χ4v) is 4.02. The second-order valence-corrected chi connectivity index (χ2v) is 8.77. The van der Waals surface area contributed by atoms with Gasteiger partial charge in [-0.1, -0.05) is 41.6 Å². The number of ether oxygens (including phenoxy) is 1. The van der Waals surface area contributed by atoms with E-state index in [1.807, 2.05) is 30.3 Å². The Hall–Kier alpha value is -3.50. The molecule has 9 nitrogen and oxygen atoms in total. The number of amides is 1. The van der Waals surface area contributed by atoms with Gasteiger partial charge in [-0.15, -0.1) is 10.2 Å². The molecular weight excluding hydrogens is 478 g/mol. The number of nitrogens with zero attached hydrogens (tertiary/aromatic N) is 4. The van der Waals surface area contributed by atoms with E-state index in [4.69, 9.17) is 20.8 Å². The molecule has 0 radical (unpaired) electrons. The number of para-hydroxylation sites is 1. The van der Waals surface area contributed by atoms with Crippen molar-refractivity contribution in [1.29, 1.82) is 0 Å².